The molecule has 4 rings (SSSR count). The third-order valence-electron chi connectivity index (χ3n) is 5.28. The molecule has 0 aliphatic heterocycles. The number of nitrogens with one attached hydrogen (secondary N) is 2. The zero-order chi connectivity index (χ0) is 24.5. The molecule has 0 spiro atoms. The van der Waals surface area contributed by atoms with Gasteiger partial charge in [-0.15, -0.1) is 10.2 Å². The SMILES string of the molecule is COCCOc1ccc(CNC(=O)c2cccc(NCc3nnc(-c4ccncn4)n3C)c2)cc1. The Hall–Kier alpha value is -4.31. The van der Waals surface area contributed by atoms with Crippen LogP contribution in [0.25, 0.3) is 11.5 Å². The number of hydrogen-bond donors (Lipinski definition) is 2. The third-order valence-corrected chi connectivity index (χ3v) is 5.28. The highest BCUT2D eigenvalue weighted by Crippen LogP contribution is 2.16. The molecule has 2 N–H and O–H groups in total. The predicted octanol–water partition coefficient (Wildman–Crippen LogP) is 2.84. The normalized spacial score (nSPS) is 10.7. The van der Waals surface area contributed by atoms with Crippen LogP contribution in [0.3, 0.4) is 0 Å². The second-order valence-electron chi connectivity index (χ2n) is 7.70. The van der Waals surface area contributed by atoms with Crippen LogP contribution in [0.4, 0.5) is 5.69 Å². The van der Waals surface area contributed by atoms with E-state index in [1.165, 1.54) is 6.33 Å². The van der Waals surface area contributed by atoms with Gasteiger partial charge in [0.05, 0.1) is 13.2 Å². The molecule has 0 saturated heterocycles. The molecule has 0 fully saturated rings. The highest BCUT2D eigenvalue weighted by atomic mass is 16.5. The number of ether oxygens (including phenoxy) is 2. The number of carbonyl (C=O) groups is 1. The number of hydrogen-bond acceptors (Lipinski definition) is 8. The second-order valence-corrected chi connectivity index (χ2v) is 7.70. The van der Waals surface area contributed by atoms with Gasteiger partial charge in [-0.05, 0) is 42.0 Å². The van der Waals surface area contributed by atoms with E-state index in [4.69, 9.17) is 9.47 Å². The van der Waals surface area contributed by atoms with E-state index in [0.29, 0.717) is 43.4 Å². The van der Waals surface area contributed by atoms with Gasteiger partial charge in [-0.3, -0.25) is 4.79 Å². The number of carbonyl (C=O) groups excluding carboxylic acids is 1. The zero-order valence-electron chi connectivity index (χ0n) is 19.6. The Labute approximate surface area is 203 Å². The van der Waals surface area contributed by atoms with Crippen molar-refractivity contribution in [2.45, 2.75) is 13.1 Å². The average molecular weight is 474 g/mol. The van der Waals surface area contributed by atoms with Gasteiger partial charge >= 0.3 is 0 Å². The highest BCUT2D eigenvalue weighted by Gasteiger charge is 2.12. The Balaban J connectivity index is 1.31. The van der Waals surface area contributed by atoms with Gasteiger partial charge in [-0.2, -0.15) is 0 Å². The summed E-state index contributed by atoms with van der Waals surface area (Å²) >= 11 is 0. The Kier molecular flexibility index (Phi) is 7.97. The van der Waals surface area contributed by atoms with Crippen molar-refractivity contribution >= 4 is 11.6 Å². The van der Waals surface area contributed by atoms with Crippen molar-refractivity contribution in [3.8, 4) is 17.3 Å². The van der Waals surface area contributed by atoms with Crippen LogP contribution < -0.4 is 15.4 Å². The molecule has 0 aliphatic carbocycles. The summed E-state index contributed by atoms with van der Waals surface area (Å²) in [6, 6.07) is 16.7. The van der Waals surface area contributed by atoms with Crippen LogP contribution in [0.5, 0.6) is 5.75 Å². The van der Waals surface area contributed by atoms with Gasteiger partial charge in [0, 0.05) is 38.1 Å². The standard InChI is InChI=1S/C25H27N7O3/c1-32-23(30-31-24(32)22-10-11-26-17-29-22)16-27-20-5-3-4-19(14-20)25(33)28-15-18-6-8-21(9-7-18)35-13-12-34-2/h3-11,14,17,27H,12-13,15-16H2,1-2H3,(H,28,33). The molecular formula is C25H27N7O3. The summed E-state index contributed by atoms with van der Waals surface area (Å²) in [5.41, 5.74) is 3.05. The van der Waals surface area contributed by atoms with E-state index in [9.17, 15) is 4.79 Å². The molecule has 2 aromatic heterocycles. The van der Waals surface area contributed by atoms with Crippen molar-refractivity contribution in [2.24, 2.45) is 7.05 Å². The fraction of sp³-hybridized carbons (Fsp3) is 0.240. The highest BCUT2D eigenvalue weighted by molar-refractivity contribution is 5.95. The second kappa shape index (κ2) is 11.7. The van der Waals surface area contributed by atoms with Crippen molar-refractivity contribution in [2.75, 3.05) is 25.6 Å². The monoisotopic (exact) mass is 473 g/mol. The summed E-state index contributed by atoms with van der Waals surface area (Å²) < 4.78 is 12.4. The number of benzene rings is 2. The molecule has 35 heavy (non-hydrogen) atoms. The maximum absolute atomic E-state index is 12.7. The third kappa shape index (κ3) is 6.39. The first-order chi connectivity index (χ1) is 17.1. The molecule has 180 valence electrons. The average Bonchev–Trinajstić information content (AvgIpc) is 3.27. The van der Waals surface area contributed by atoms with E-state index in [-0.39, 0.29) is 5.91 Å². The number of rotatable bonds is 11. The van der Waals surface area contributed by atoms with Crippen LogP contribution in [0, 0.1) is 0 Å². The molecular weight excluding hydrogens is 446 g/mol. The predicted molar refractivity (Wildman–Crippen MR) is 131 cm³/mol. The van der Waals surface area contributed by atoms with Gasteiger partial charge in [-0.25, -0.2) is 9.97 Å². The summed E-state index contributed by atoms with van der Waals surface area (Å²) in [6.45, 7) is 1.89. The Morgan fingerprint density at radius 1 is 1.03 bits per heavy atom. The van der Waals surface area contributed by atoms with E-state index in [1.807, 2.05) is 54.1 Å². The minimum atomic E-state index is -0.154. The fourth-order valence-electron chi connectivity index (χ4n) is 3.34. The van der Waals surface area contributed by atoms with Crippen molar-refractivity contribution in [3.05, 3.63) is 84.1 Å². The first kappa shape index (κ1) is 23.8. The largest absolute Gasteiger partial charge is 0.491 e. The molecule has 0 bridgehead atoms. The van der Waals surface area contributed by atoms with Crippen LogP contribution in [0.15, 0.2) is 67.1 Å². The van der Waals surface area contributed by atoms with Gasteiger partial charge in [0.1, 0.15) is 24.4 Å². The lowest BCUT2D eigenvalue weighted by Crippen LogP contribution is -2.22. The molecule has 0 aliphatic rings. The lowest BCUT2D eigenvalue weighted by atomic mass is 10.1. The number of nitrogens with zero attached hydrogens (tertiary/aromatic N) is 5. The fourth-order valence-corrected chi connectivity index (χ4v) is 3.34. The van der Waals surface area contributed by atoms with Gasteiger partial charge in [0.15, 0.2) is 11.6 Å². The molecule has 10 heteroatoms. The Morgan fingerprint density at radius 2 is 1.89 bits per heavy atom. The maximum atomic E-state index is 12.7. The number of methoxy groups -OCH3 is 1. The van der Waals surface area contributed by atoms with Crippen LogP contribution in [0.1, 0.15) is 21.7 Å². The summed E-state index contributed by atoms with van der Waals surface area (Å²) in [7, 11) is 3.52. The summed E-state index contributed by atoms with van der Waals surface area (Å²) in [5.74, 6) is 2.01. The van der Waals surface area contributed by atoms with E-state index in [2.05, 4.69) is 30.8 Å². The lowest BCUT2D eigenvalue weighted by Gasteiger charge is -2.10. The molecule has 0 radical (unpaired) electrons. The quantitative estimate of drug-likeness (QED) is 0.320. The topological polar surface area (TPSA) is 116 Å². The summed E-state index contributed by atoms with van der Waals surface area (Å²) in [5, 5.41) is 14.7. The van der Waals surface area contributed by atoms with Crippen molar-refractivity contribution in [1.82, 2.24) is 30.0 Å². The molecule has 2 aromatic carbocycles. The number of amides is 1. The lowest BCUT2D eigenvalue weighted by molar-refractivity contribution is 0.0951. The van der Waals surface area contributed by atoms with Crippen molar-refractivity contribution < 1.29 is 14.3 Å². The molecule has 1 amide bonds. The zero-order valence-corrected chi connectivity index (χ0v) is 19.6. The first-order valence-corrected chi connectivity index (χ1v) is 11.1. The van der Waals surface area contributed by atoms with Crippen LogP contribution >= 0.6 is 0 Å². The van der Waals surface area contributed by atoms with E-state index < -0.39 is 0 Å². The summed E-state index contributed by atoms with van der Waals surface area (Å²) in [4.78, 5) is 20.8. The van der Waals surface area contributed by atoms with Crippen molar-refractivity contribution in [3.63, 3.8) is 0 Å². The van der Waals surface area contributed by atoms with E-state index in [1.54, 1.807) is 25.4 Å². The molecule has 10 nitrogen and oxygen atoms in total. The minimum Gasteiger partial charge on any atom is -0.491 e. The molecule has 0 unspecified atom stereocenters. The van der Waals surface area contributed by atoms with E-state index in [0.717, 1.165) is 22.8 Å². The van der Waals surface area contributed by atoms with Gasteiger partial charge < -0.3 is 24.7 Å². The molecule has 0 saturated carbocycles. The first-order valence-electron chi connectivity index (χ1n) is 11.1. The Bertz CT molecular complexity index is 1240. The van der Waals surface area contributed by atoms with Gasteiger partial charge in [-0.1, -0.05) is 18.2 Å². The molecule has 2 heterocycles. The van der Waals surface area contributed by atoms with Gasteiger partial charge in [0.2, 0.25) is 0 Å². The van der Waals surface area contributed by atoms with Crippen molar-refractivity contribution in [1.29, 1.82) is 0 Å². The smallest absolute Gasteiger partial charge is 0.251 e. The van der Waals surface area contributed by atoms with Crippen LogP contribution in [-0.4, -0.2) is 51.0 Å². The summed E-state index contributed by atoms with van der Waals surface area (Å²) in [6.07, 6.45) is 3.14. The molecule has 4 aromatic rings. The van der Waals surface area contributed by atoms with Gasteiger partial charge in [0.25, 0.3) is 5.91 Å². The molecule has 0 atom stereocenters. The van der Waals surface area contributed by atoms with Crippen LogP contribution in [-0.2, 0) is 24.9 Å². The number of aromatic nitrogens is 5. The Morgan fingerprint density at radius 3 is 2.66 bits per heavy atom. The number of anilines is 1. The van der Waals surface area contributed by atoms with Crippen LogP contribution in [0.2, 0.25) is 0 Å². The minimum absolute atomic E-state index is 0.154. The maximum Gasteiger partial charge on any atom is 0.251 e. The van der Waals surface area contributed by atoms with E-state index >= 15 is 0 Å².